The minimum Gasteiger partial charge on any atom is -0.484 e. The Hall–Kier alpha value is -1.78. The molecule has 0 unspecified atom stereocenters. The van der Waals surface area contributed by atoms with Crippen molar-refractivity contribution >= 4 is 22.7 Å². The summed E-state index contributed by atoms with van der Waals surface area (Å²) in [6.07, 6.45) is 0. The first-order valence-corrected chi connectivity index (χ1v) is 9.10. The Morgan fingerprint density at radius 2 is 1.23 bits per heavy atom. The van der Waals surface area contributed by atoms with E-state index < -0.39 is 0 Å². The average Bonchev–Trinajstić information content (AvgIpc) is 3.18. The van der Waals surface area contributed by atoms with Gasteiger partial charge in [0, 0.05) is 10.8 Å². The Morgan fingerprint density at radius 3 is 1.64 bits per heavy atom. The molecule has 0 amide bonds. The van der Waals surface area contributed by atoms with Crippen LogP contribution >= 0.6 is 22.7 Å². The molecule has 3 rings (SSSR count). The normalized spacial score (nSPS) is 10.6. The van der Waals surface area contributed by atoms with E-state index in [0.29, 0.717) is 13.2 Å². The molecule has 0 atom stereocenters. The second kappa shape index (κ2) is 6.99. The first-order valence-electron chi connectivity index (χ1n) is 7.34. The fraction of sp³-hybridized carbons (Fsp3) is 0.222. The first kappa shape index (κ1) is 15.1. The molecule has 0 fully saturated rings. The van der Waals surface area contributed by atoms with E-state index in [1.165, 1.54) is 22.3 Å². The van der Waals surface area contributed by atoms with Gasteiger partial charge in [-0.25, -0.2) is 0 Å². The summed E-state index contributed by atoms with van der Waals surface area (Å²) in [5, 5.41) is 6.24. The summed E-state index contributed by atoms with van der Waals surface area (Å²) in [6, 6.07) is 12.7. The largest absolute Gasteiger partial charge is 0.484 e. The highest BCUT2D eigenvalue weighted by Crippen LogP contribution is 2.39. The van der Waals surface area contributed by atoms with E-state index in [0.717, 1.165) is 10.1 Å². The van der Waals surface area contributed by atoms with E-state index >= 15 is 0 Å². The Kier molecular flexibility index (Phi) is 4.80. The van der Waals surface area contributed by atoms with E-state index in [1.807, 2.05) is 13.8 Å². The Bertz CT molecular complexity index is 680. The van der Waals surface area contributed by atoms with E-state index in [9.17, 15) is 0 Å². The molecule has 0 aliphatic rings. The van der Waals surface area contributed by atoms with Crippen molar-refractivity contribution < 1.29 is 9.47 Å². The van der Waals surface area contributed by atoms with Crippen molar-refractivity contribution in [3.63, 3.8) is 0 Å². The van der Waals surface area contributed by atoms with Crippen molar-refractivity contribution in [3.8, 4) is 32.4 Å². The predicted octanol–water partition coefficient (Wildman–Crippen LogP) is 5.94. The highest BCUT2D eigenvalue weighted by molar-refractivity contribution is 7.12. The van der Waals surface area contributed by atoms with Crippen LogP contribution in [0.3, 0.4) is 0 Å². The van der Waals surface area contributed by atoms with Gasteiger partial charge < -0.3 is 9.47 Å². The lowest BCUT2D eigenvalue weighted by Crippen LogP contribution is -1.87. The molecule has 1 aromatic carbocycles. The quantitative estimate of drug-likeness (QED) is 0.557. The lowest BCUT2D eigenvalue weighted by Gasteiger charge is -2.06. The number of ether oxygens (including phenoxy) is 2. The van der Waals surface area contributed by atoms with Crippen molar-refractivity contribution in [2.45, 2.75) is 13.8 Å². The molecular formula is C18H18O2S2. The third-order valence-corrected chi connectivity index (χ3v) is 4.95. The topological polar surface area (TPSA) is 18.5 Å². The third-order valence-electron chi connectivity index (χ3n) is 3.27. The molecule has 0 aliphatic carbocycles. The van der Waals surface area contributed by atoms with Crippen molar-refractivity contribution in [2.24, 2.45) is 0 Å². The van der Waals surface area contributed by atoms with Gasteiger partial charge in [0.2, 0.25) is 0 Å². The number of thiophene rings is 2. The molecule has 114 valence electrons. The van der Waals surface area contributed by atoms with Gasteiger partial charge in [-0.1, -0.05) is 24.3 Å². The van der Waals surface area contributed by atoms with E-state index in [4.69, 9.17) is 9.47 Å². The minimum absolute atomic E-state index is 0.698. The summed E-state index contributed by atoms with van der Waals surface area (Å²) in [5.41, 5.74) is 4.86. The zero-order valence-corrected chi connectivity index (χ0v) is 14.3. The van der Waals surface area contributed by atoms with Crippen LogP contribution < -0.4 is 9.47 Å². The van der Waals surface area contributed by atoms with Crippen LogP contribution in [0.2, 0.25) is 0 Å². The second-order valence-electron chi connectivity index (χ2n) is 4.72. The smallest absolute Gasteiger partial charge is 0.174 e. The molecule has 4 heteroatoms. The molecule has 0 saturated carbocycles. The zero-order chi connectivity index (χ0) is 15.4. The van der Waals surface area contributed by atoms with Crippen molar-refractivity contribution in [3.05, 3.63) is 47.2 Å². The SMILES string of the molecule is CCOc1cc(-c2ccccc2-c2csc(OCC)c2)cs1. The molecule has 22 heavy (non-hydrogen) atoms. The maximum atomic E-state index is 5.59. The lowest BCUT2D eigenvalue weighted by atomic mass is 9.98. The van der Waals surface area contributed by atoms with Gasteiger partial charge in [-0.15, -0.1) is 22.7 Å². The molecular weight excluding hydrogens is 312 g/mol. The summed E-state index contributed by atoms with van der Waals surface area (Å²) in [7, 11) is 0. The highest BCUT2D eigenvalue weighted by atomic mass is 32.1. The van der Waals surface area contributed by atoms with Crippen molar-refractivity contribution in [1.29, 1.82) is 0 Å². The average molecular weight is 330 g/mol. The third kappa shape index (κ3) is 3.18. The van der Waals surface area contributed by atoms with Gasteiger partial charge in [0.25, 0.3) is 0 Å². The molecule has 0 spiro atoms. The van der Waals surface area contributed by atoms with Gasteiger partial charge in [-0.3, -0.25) is 0 Å². The van der Waals surface area contributed by atoms with E-state index in [2.05, 4.69) is 47.2 Å². The number of benzene rings is 1. The lowest BCUT2D eigenvalue weighted by molar-refractivity contribution is 0.350. The van der Waals surface area contributed by atoms with Crippen LogP contribution in [0.5, 0.6) is 10.1 Å². The standard InChI is InChI=1S/C18H18O2S2/c1-3-19-17-9-13(11-21-17)15-7-5-6-8-16(15)14-10-18(20-4-2)22-12-14/h5-12H,3-4H2,1-2H3. The number of hydrogen-bond donors (Lipinski definition) is 0. The molecule has 0 aliphatic heterocycles. The van der Waals surface area contributed by atoms with Gasteiger partial charge in [0.05, 0.1) is 13.2 Å². The van der Waals surface area contributed by atoms with Crippen LogP contribution in [-0.2, 0) is 0 Å². The van der Waals surface area contributed by atoms with Crippen LogP contribution in [0, 0.1) is 0 Å². The Balaban J connectivity index is 1.97. The minimum atomic E-state index is 0.698. The van der Waals surface area contributed by atoms with Crippen molar-refractivity contribution in [2.75, 3.05) is 13.2 Å². The molecule has 0 saturated heterocycles. The molecule has 2 heterocycles. The van der Waals surface area contributed by atoms with Gasteiger partial charge in [0.15, 0.2) is 10.1 Å². The maximum Gasteiger partial charge on any atom is 0.174 e. The van der Waals surface area contributed by atoms with Gasteiger partial charge >= 0.3 is 0 Å². The monoisotopic (exact) mass is 330 g/mol. The summed E-state index contributed by atoms with van der Waals surface area (Å²) < 4.78 is 11.2. The molecule has 0 radical (unpaired) electrons. The highest BCUT2D eigenvalue weighted by Gasteiger charge is 2.11. The number of rotatable bonds is 6. The van der Waals surface area contributed by atoms with Gasteiger partial charge in [-0.2, -0.15) is 0 Å². The van der Waals surface area contributed by atoms with E-state index in [1.54, 1.807) is 22.7 Å². The summed E-state index contributed by atoms with van der Waals surface area (Å²) >= 11 is 3.28. The van der Waals surface area contributed by atoms with Crippen LogP contribution in [0.1, 0.15) is 13.8 Å². The second-order valence-corrected chi connectivity index (χ2v) is 6.47. The van der Waals surface area contributed by atoms with Crippen molar-refractivity contribution in [1.82, 2.24) is 0 Å². The first-order chi connectivity index (χ1) is 10.8. The maximum absolute atomic E-state index is 5.59. The van der Waals surface area contributed by atoms with Crippen LogP contribution in [0.4, 0.5) is 0 Å². The fourth-order valence-electron chi connectivity index (χ4n) is 2.34. The molecule has 2 aromatic heterocycles. The molecule has 3 aromatic rings. The van der Waals surface area contributed by atoms with Gasteiger partial charge in [-0.05, 0) is 48.2 Å². The number of hydrogen-bond acceptors (Lipinski definition) is 4. The Morgan fingerprint density at radius 1 is 0.773 bits per heavy atom. The Labute approximate surface area is 139 Å². The summed E-state index contributed by atoms with van der Waals surface area (Å²) in [6.45, 7) is 5.41. The summed E-state index contributed by atoms with van der Waals surface area (Å²) in [5.74, 6) is 0. The van der Waals surface area contributed by atoms with E-state index in [-0.39, 0.29) is 0 Å². The molecule has 0 bridgehead atoms. The summed E-state index contributed by atoms with van der Waals surface area (Å²) in [4.78, 5) is 0. The van der Waals surface area contributed by atoms with Crippen LogP contribution in [0.25, 0.3) is 22.3 Å². The zero-order valence-electron chi connectivity index (χ0n) is 12.7. The van der Waals surface area contributed by atoms with Crippen LogP contribution in [0.15, 0.2) is 47.2 Å². The predicted molar refractivity (Wildman–Crippen MR) is 95.4 cm³/mol. The fourth-order valence-corrected chi connectivity index (χ4v) is 3.98. The van der Waals surface area contributed by atoms with Gasteiger partial charge in [0.1, 0.15) is 0 Å². The molecule has 0 N–H and O–H groups in total. The van der Waals surface area contributed by atoms with Crippen LogP contribution in [-0.4, -0.2) is 13.2 Å². The molecule has 2 nitrogen and oxygen atoms in total.